The second kappa shape index (κ2) is 3.15. The van der Waals surface area contributed by atoms with Gasteiger partial charge in [0.2, 0.25) is 0 Å². The van der Waals surface area contributed by atoms with Gasteiger partial charge in [-0.25, -0.2) is 4.98 Å². The van der Waals surface area contributed by atoms with Gasteiger partial charge in [-0.2, -0.15) is 0 Å². The van der Waals surface area contributed by atoms with Gasteiger partial charge in [-0.3, -0.25) is 0 Å². The first-order chi connectivity index (χ1) is 5.92. The molecule has 0 spiro atoms. The maximum absolute atomic E-state index is 5.44. The standard InChI is InChI=1S/C8H14N4/c9-3-1-5-12-6-11-7-2-4-10-8(7)12/h6,10H,1-5,9H2. The van der Waals surface area contributed by atoms with Crippen LogP contribution in [0.5, 0.6) is 0 Å². The fraction of sp³-hybridized carbons (Fsp3) is 0.625. The van der Waals surface area contributed by atoms with Crippen molar-refractivity contribution in [2.45, 2.75) is 19.4 Å². The zero-order valence-corrected chi connectivity index (χ0v) is 7.08. The van der Waals surface area contributed by atoms with Crippen molar-refractivity contribution in [3.05, 3.63) is 12.0 Å². The van der Waals surface area contributed by atoms with Crippen molar-refractivity contribution in [2.24, 2.45) is 5.73 Å². The Hall–Kier alpha value is -1.03. The Kier molecular flexibility index (Phi) is 1.99. The Morgan fingerprint density at radius 3 is 3.42 bits per heavy atom. The van der Waals surface area contributed by atoms with E-state index in [1.165, 1.54) is 11.5 Å². The minimum Gasteiger partial charge on any atom is -0.370 e. The van der Waals surface area contributed by atoms with Crippen LogP contribution in [0.1, 0.15) is 12.1 Å². The van der Waals surface area contributed by atoms with Gasteiger partial charge in [0.25, 0.3) is 0 Å². The molecule has 2 heterocycles. The summed E-state index contributed by atoms with van der Waals surface area (Å²) in [5, 5.41) is 3.32. The normalized spacial score (nSPS) is 14.4. The molecule has 1 aliphatic heterocycles. The maximum Gasteiger partial charge on any atom is 0.129 e. The highest BCUT2D eigenvalue weighted by atomic mass is 15.2. The lowest BCUT2D eigenvalue weighted by molar-refractivity contribution is 0.654. The molecule has 0 radical (unpaired) electrons. The van der Waals surface area contributed by atoms with Gasteiger partial charge in [0, 0.05) is 19.5 Å². The van der Waals surface area contributed by atoms with Gasteiger partial charge >= 0.3 is 0 Å². The van der Waals surface area contributed by atoms with Crippen molar-refractivity contribution in [1.82, 2.24) is 9.55 Å². The zero-order valence-electron chi connectivity index (χ0n) is 7.08. The number of nitrogens with zero attached hydrogens (tertiary/aromatic N) is 2. The van der Waals surface area contributed by atoms with E-state index in [-0.39, 0.29) is 0 Å². The summed E-state index contributed by atoms with van der Waals surface area (Å²) in [6, 6.07) is 0. The summed E-state index contributed by atoms with van der Waals surface area (Å²) in [6.07, 6.45) is 3.97. The first-order valence-corrected chi connectivity index (χ1v) is 4.40. The molecule has 2 rings (SSSR count). The lowest BCUT2D eigenvalue weighted by Gasteiger charge is -2.04. The number of nitrogens with two attached hydrogens (primary N) is 1. The highest BCUT2D eigenvalue weighted by Gasteiger charge is 2.15. The number of nitrogens with one attached hydrogen (secondary N) is 1. The molecule has 1 aromatic heterocycles. The summed E-state index contributed by atoms with van der Waals surface area (Å²) in [5.74, 6) is 1.20. The minimum atomic E-state index is 0.743. The molecule has 0 saturated carbocycles. The number of aryl methyl sites for hydroxylation is 1. The van der Waals surface area contributed by atoms with Crippen LogP contribution in [0.2, 0.25) is 0 Å². The summed E-state index contributed by atoms with van der Waals surface area (Å²) >= 11 is 0. The highest BCUT2D eigenvalue weighted by molar-refractivity contribution is 5.46. The first-order valence-electron chi connectivity index (χ1n) is 4.40. The van der Waals surface area contributed by atoms with Gasteiger partial charge in [0.05, 0.1) is 12.0 Å². The average molecular weight is 166 g/mol. The summed E-state index contributed by atoms with van der Waals surface area (Å²) in [5.41, 5.74) is 6.64. The summed E-state index contributed by atoms with van der Waals surface area (Å²) in [6.45, 7) is 2.75. The molecule has 4 heteroatoms. The van der Waals surface area contributed by atoms with Crippen LogP contribution < -0.4 is 11.1 Å². The Bertz CT molecular complexity index is 266. The van der Waals surface area contributed by atoms with E-state index < -0.39 is 0 Å². The van der Waals surface area contributed by atoms with Crippen molar-refractivity contribution in [3.63, 3.8) is 0 Å². The molecular weight excluding hydrogens is 152 g/mol. The molecule has 3 N–H and O–H groups in total. The molecule has 0 aromatic carbocycles. The van der Waals surface area contributed by atoms with E-state index in [2.05, 4.69) is 14.9 Å². The van der Waals surface area contributed by atoms with E-state index in [1.54, 1.807) is 0 Å². The topological polar surface area (TPSA) is 55.9 Å². The fourth-order valence-corrected chi connectivity index (χ4v) is 1.54. The molecule has 0 atom stereocenters. The molecule has 0 saturated heterocycles. The van der Waals surface area contributed by atoms with Crippen molar-refractivity contribution < 1.29 is 0 Å². The fourth-order valence-electron chi connectivity index (χ4n) is 1.54. The Morgan fingerprint density at radius 1 is 1.67 bits per heavy atom. The monoisotopic (exact) mass is 166 g/mol. The number of anilines is 1. The Morgan fingerprint density at radius 2 is 2.58 bits per heavy atom. The molecule has 4 nitrogen and oxygen atoms in total. The van der Waals surface area contributed by atoms with Gasteiger partial charge in [-0.05, 0) is 13.0 Å². The van der Waals surface area contributed by atoms with Gasteiger partial charge in [0.15, 0.2) is 0 Å². The van der Waals surface area contributed by atoms with Crippen LogP contribution in [0.15, 0.2) is 6.33 Å². The number of fused-ring (bicyclic) bond motifs is 1. The average Bonchev–Trinajstić information content (AvgIpc) is 2.62. The number of imidazole rings is 1. The highest BCUT2D eigenvalue weighted by Crippen LogP contribution is 2.20. The smallest absolute Gasteiger partial charge is 0.129 e. The second-order valence-electron chi connectivity index (χ2n) is 3.05. The number of rotatable bonds is 3. The SMILES string of the molecule is NCCCn1cnc2c1NCC2. The van der Waals surface area contributed by atoms with Crippen LogP contribution >= 0.6 is 0 Å². The molecule has 66 valence electrons. The third-order valence-corrected chi connectivity index (χ3v) is 2.17. The zero-order chi connectivity index (χ0) is 8.39. The van der Waals surface area contributed by atoms with Crippen molar-refractivity contribution >= 4 is 5.82 Å². The molecule has 1 aliphatic rings. The van der Waals surface area contributed by atoms with Crippen LogP contribution in [0, 0.1) is 0 Å². The van der Waals surface area contributed by atoms with E-state index in [4.69, 9.17) is 5.73 Å². The van der Waals surface area contributed by atoms with Crippen molar-refractivity contribution in [3.8, 4) is 0 Å². The lowest BCUT2D eigenvalue weighted by atomic mass is 10.4. The van der Waals surface area contributed by atoms with Gasteiger partial charge in [-0.15, -0.1) is 0 Å². The molecule has 0 unspecified atom stereocenters. The summed E-state index contributed by atoms with van der Waals surface area (Å²) in [4.78, 5) is 4.31. The summed E-state index contributed by atoms with van der Waals surface area (Å²) < 4.78 is 2.15. The molecule has 1 aromatic rings. The van der Waals surface area contributed by atoms with E-state index in [0.29, 0.717) is 0 Å². The van der Waals surface area contributed by atoms with Crippen LogP contribution in [0.3, 0.4) is 0 Å². The number of aromatic nitrogens is 2. The van der Waals surface area contributed by atoms with Gasteiger partial charge in [-0.1, -0.05) is 0 Å². The number of hydrogen-bond acceptors (Lipinski definition) is 3. The van der Waals surface area contributed by atoms with Crippen molar-refractivity contribution in [2.75, 3.05) is 18.4 Å². The summed E-state index contributed by atoms with van der Waals surface area (Å²) in [7, 11) is 0. The second-order valence-corrected chi connectivity index (χ2v) is 3.05. The number of hydrogen-bond donors (Lipinski definition) is 2. The van der Waals surface area contributed by atoms with E-state index >= 15 is 0 Å². The van der Waals surface area contributed by atoms with Crippen LogP contribution in [0.25, 0.3) is 0 Å². The third-order valence-electron chi connectivity index (χ3n) is 2.17. The van der Waals surface area contributed by atoms with E-state index in [0.717, 1.165) is 32.5 Å². The predicted molar refractivity (Wildman–Crippen MR) is 48.1 cm³/mol. The Balaban J connectivity index is 2.11. The molecule has 0 bridgehead atoms. The molecule has 0 fully saturated rings. The maximum atomic E-state index is 5.44. The van der Waals surface area contributed by atoms with Gasteiger partial charge < -0.3 is 15.6 Å². The van der Waals surface area contributed by atoms with Gasteiger partial charge in [0.1, 0.15) is 5.82 Å². The lowest BCUT2D eigenvalue weighted by Crippen LogP contribution is -2.07. The van der Waals surface area contributed by atoms with Crippen LogP contribution in [-0.2, 0) is 13.0 Å². The molecular formula is C8H14N4. The third kappa shape index (κ3) is 1.18. The van der Waals surface area contributed by atoms with Crippen LogP contribution in [-0.4, -0.2) is 22.6 Å². The van der Waals surface area contributed by atoms with Crippen molar-refractivity contribution in [1.29, 1.82) is 0 Å². The molecule has 0 amide bonds. The molecule has 0 aliphatic carbocycles. The molecule has 12 heavy (non-hydrogen) atoms. The van der Waals surface area contributed by atoms with E-state index in [9.17, 15) is 0 Å². The minimum absolute atomic E-state index is 0.743. The predicted octanol–water partition coefficient (Wildman–Crippen LogP) is 0.200. The van der Waals surface area contributed by atoms with Crippen LogP contribution in [0.4, 0.5) is 5.82 Å². The quantitative estimate of drug-likeness (QED) is 0.674. The largest absolute Gasteiger partial charge is 0.370 e. The first kappa shape index (κ1) is 7.61. The van der Waals surface area contributed by atoms with E-state index in [1.807, 2.05) is 6.33 Å². The Labute approximate surface area is 71.8 Å².